The second kappa shape index (κ2) is 13.3. The van der Waals surface area contributed by atoms with Crippen LogP contribution in [0.15, 0.2) is 20.9 Å². The number of nitrogens with zero attached hydrogens (tertiary/aromatic N) is 3. The van der Waals surface area contributed by atoms with Crippen molar-refractivity contribution in [1.82, 2.24) is 20.5 Å². The maximum atomic E-state index is 4.28. The molecule has 1 aromatic rings. The van der Waals surface area contributed by atoms with E-state index in [9.17, 15) is 0 Å². The van der Waals surface area contributed by atoms with Crippen molar-refractivity contribution in [2.45, 2.75) is 30.0 Å². The Morgan fingerprint density at radius 1 is 1.30 bits per heavy atom. The molecule has 0 aliphatic carbocycles. The smallest absolute Gasteiger partial charge is 0.191 e. The Morgan fingerprint density at radius 2 is 2.09 bits per heavy atom. The van der Waals surface area contributed by atoms with Gasteiger partial charge in [-0.05, 0) is 32.4 Å². The van der Waals surface area contributed by atoms with Crippen molar-refractivity contribution in [3.8, 4) is 0 Å². The lowest BCUT2D eigenvalue weighted by atomic mass is 10.1. The summed E-state index contributed by atoms with van der Waals surface area (Å²) in [6, 6.07) is 0. The molecule has 0 atom stereocenters. The van der Waals surface area contributed by atoms with Gasteiger partial charge in [0.05, 0.1) is 0 Å². The molecule has 0 aromatic carbocycles. The van der Waals surface area contributed by atoms with Crippen LogP contribution in [-0.4, -0.2) is 61.4 Å². The lowest BCUT2D eigenvalue weighted by Gasteiger charge is -2.26. The van der Waals surface area contributed by atoms with Crippen LogP contribution in [0.5, 0.6) is 0 Å². The molecular weight excluding hydrogens is 441 g/mol. The summed E-state index contributed by atoms with van der Waals surface area (Å²) in [6.45, 7) is 5.53. The molecule has 23 heavy (non-hydrogen) atoms. The van der Waals surface area contributed by atoms with E-state index in [1.54, 1.807) is 11.3 Å². The molecule has 0 bridgehead atoms. The number of hydrogen-bond acceptors (Lipinski definition) is 5. The van der Waals surface area contributed by atoms with Crippen LogP contribution < -0.4 is 10.6 Å². The zero-order valence-electron chi connectivity index (χ0n) is 13.8. The van der Waals surface area contributed by atoms with E-state index in [0.717, 1.165) is 42.1 Å². The highest BCUT2D eigenvalue weighted by atomic mass is 127. The molecule has 0 saturated carbocycles. The van der Waals surface area contributed by atoms with Gasteiger partial charge in [0.15, 0.2) is 5.96 Å². The predicted molar refractivity (Wildman–Crippen MR) is 113 cm³/mol. The van der Waals surface area contributed by atoms with Crippen molar-refractivity contribution in [3.05, 3.63) is 11.6 Å². The summed E-state index contributed by atoms with van der Waals surface area (Å²) in [6.07, 6.45) is 7.07. The van der Waals surface area contributed by atoms with Crippen LogP contribution in [-0.2, 0) is 0 Å². The van der Waals surface area contributed by atoms with Crippen molar-refractivity contribution >= 4 is 53.0 Å². The van der Waals surface area contributed by atoms with Crippen molar-refractivity contribution in [2.24, 2.45) is 4.99 Å². The minimum absolute atomic E-state index is 0. The number of halogens is 1. The lowest BCUT2D eigenvalue weighted by Crippen LogP contribution is -2.42. The zero-order valence-corrected chi connectivity index (χ0v) is 17.8. The van der Waals surface area contributed by atoms with Gasteiger partial charge in [0, 0.05) is 44.0 Å². The molecule has 2 heterocycles. The number of guanidine groups is 1. The standard InChI is InChI=1S/C15H27N5S2.HI/c1-16-14(18-7-11-20-9-3-2-4-10-20)17-6-5-12-21-15-19-8-13-22-15;/h8,13H,2-7,9-12H2,1H3,(H2,16,17,18);1H. The summed E-state index contributed by atoms with van der Waals surface area (Å²) in [5, 5.41) is 8.80. The molecule has 1 saturated heterocycles. The third-order valence-corrected chi connectivity index (χ3v) is 5.69. The number of likely N-dealkylation sites (tertiary alicyclic amines) is 1. The minimum atomic E-state index is 0. The lowest BCUT2D eigenvalue weighted by molar-refractivity contribution is 0.232. The molecular formula is C15H28IN5S2. The number of rotatable bonds is 8. The molecule has 8 heteroatoms. The molecule has 2 rings (SSSR count). The molecule has 1 aliphatic rings. The minimum Gasteiger partial charge on any atom is -0.356 e. The van der Waals surface area contributed by atoms with Crippen molar-refractivity contribution in [3.63, 3.8) is 0 Å². The second-order valence-electron chi connectivity index (χ2n) is 5.33. The monoisotopic (exact) mass is 469 g/mol. The molecule has 0 radical (unpaired) electrons. The highest BCUT2D eigenvalue weighted by Crippen LogP contribution is 2.20. The summed E-state index contributed by atoms with van der Waals surface area (Å²) in [5.74, 6) is 2.00. The van der Waals surface area contributed by atoms with Gasteiger partial charge >= 0.3 is 0 Å². The Kier molecular flexibility index (Phi) is 12.1. The van der Waals surface area contributed by atoms with Gasteiger partial charge in [-0.2, -0.15) is 0 Å². The topological polar surface area (TPSA) is 52.6 Å². The summed E-state index contributed by atoms with van der Waals surface area (Å²) in [4.78, 5) is 11.1. The summed E-state index contributed by atoms with van der Waals surface area (Å²) >= 11 is 3.53. The Labute approximate surface area is 165 Å². The maximum Gasteiger partial charge on any atom is 0.191 e. The molecule has 0 unspecified atom stereocenters. The van der Waals surface area contributed by atoms with Gasteiger partial charge < -0.3 is 15.5 Å². The van der Waals surface area contributed by atoms with Crippen LogP contribution in [0.25, 0.3) is 0 Å². The number of piperidine rings is 1. The molecule has 132 valence electrons. The number of hydrogen-bond donors (Lipinski definition) is 2. The third-order valence-electron chi connectivity index (χ3n) is 3.64. The molecule has 0 spiro atoms. The van der Waals surface area contributed by atoms with Crippen molar-refractivity contribution in [1.29, 1.82) is 0 Å². The second-order valence-corrected chi connectivity index (χ2v) is 7.56. The van der Waals surface area contributed by atoms with Crippen molar-refractivity contribution < 1.29 is 0 Å². The Hall–Kier alpha value is -0.0600. The fourth-order valence-corrected chi connectivity index (χ4v) is 4.10. The fraction of sp³-hybridized carbons (Fsp3) is 0.733. The fourth-order valence-electron chi connectivity index (χ4n) is 2.46. The van der Waals surface area contributed by atoms with Crippen LogP contribution in [0, 0.1) is 0 Å². The number of thioether (sulfide) groups is 1. The molecule has 1 fully saturated rings. The summed E-state index contributed by atoms with van der Waals surface area (Å²) in [5.41, 5.74) is 0. The van der Waals surface area contributed by atoms with Crippen LogP contribution in [0.1, 0.15) is 25.7 Å². The first-order chi connectivity index (χ1) is 10.9. The van der Waals surface area contributed by atoms with E-state index in [4.69, 9.17) is 0 Å². The first kappa shape index (κ1) is 21.0. The van der Waals surface area contributed by atoms with E-state index in [0.29, 0.717) is 0 Å². The quantitative estimate of drug-likeness (QED) is 0.202. The van der Waals surface area contributed by atoms with Crippen LogP contribution >= 0.6 is 47.1 Å². The average molecular weight is 469 g/mol. The van der Waals surface area contributed by atoms with Gasteiger partial charge in [0.2, 0.25) is 0 Å². The Balaban J connectivity index is 0.00000264. The van der Waals surface area contributed by atoms with E-state index in [1.165, 1.54) is 32.4 Å². The van der Waals surface area contributed by atoms with Gasteiger partial charge in [-0.15, -0.1) is 35.3 Å². The highest BCUT2D eigenvalue weighted by molar-refractivity contribution is 14.0. The molecule has 2 N–H and O–H groups in total. The molecule has 1 aromatic heterocycles. The molecule has 5 nitrogen and oxygen atoms in total. The van der Waals surface area contributed by atoms with Gasteiger partial charge in [0.25, 0.3) is 0 Å². The number of nitrogens with one attached hydrogen (secondary N) is 2. The normalized spacial score (nSPS) is 16.0. The van der Waals surface area contributed by atoms with Gasteiger partial charge in [-0.1, -0.05) is 18.2 Å². The van der Waals surface area contributed by atoms with E-state index < -0.39 is 0 Å². The molecule has 0 amide bonds. The third kappa shape index (κ3) is 9.11. The first-order valence-corrected chi connectivity index (χ1v) is 9.94. The van der Waals surface area contributed by atoms with Crippen LogP contribution in [0.2, 0.25) is 0 Å². The molecule has 1 aliphatic heterocycles. The predicted octanol–water partition coefficient (Wildman–Crippen LogP) is 2.89. The van der Waals surface area contributed by atoms with E-state index in [-0.39, 0.29) is 24.0 Å². The largest absolute Gasteiger partial charge is 0.356 e. The summed E-state index contributed by atoms with van der Waals surface area (Å²) < 4.78 is 1.16. The Bertz CT molecular complexity index is 422. The number of aromatic nitrogens is 1. The SMILES string of the molecule is CN=C(NCCCSc1nccs1)NCCN1CCCCC1.I. The zero-order chi connectivity index (χ0) is 15.5. The van der Waals surface area contributed by atoms with Crippen molar-refractivity contribution in [2.75, 3.05) is 45.5 Å². The Morgan fingerprint density at radius 3 is 2.78 bits per heavy atom. The van der Waals surface area contributed by atoms with E-state index >= 15 is 0 Å². The average Bonchev–Trinajstić information content (AvgIpc) is 3.07. The highest BCUT2D eigenvalue weighted by Gasteiger charge is 2.09. The van der Waals surface area contributed by atoms with Crippen LogP contribution in [0.4, 0.5) is 0 Å². The number of thiazole rings is 1. The van der Waals surface area contributed by atoms with Gasteiger partial charge in [-0.3, -0.25) is 4.99 Å². The van der Waals surface area contributed by atoms with Gasteiger partial charge in [0.1, 0.15) is 4.34 Å². The number of aliphatic imine (C=N–C) groups is 1. The van der Waals surface area contributed by atoms with E-state index in [1.807, 2.05) is 30.4 Å². The maximum absolute atomic E-state index is 4.28. The van der Waals surface area contributed by atoms with E-state index in [2.05, 4.69) is 25.5 Å². The van der Waals surface area contributed by atoms with Gasteiger partial charge in [-0.25, -0.2) is 4.98 Å². The first-order valence-electron chi connectivity index (χ1n) is 8.07. The summed E-state index contributed by atoms with van der Waals surface area (Å²) in [7, 11) is 1.83. The van der Waals surface area contributed by atoms with Crippen LogP contribution in [0.3, 0.4) is 0 Å².